The van der Waals surface area contributed by atoms with E-state index in [-0.39, 0.29) is 0 Å². The van der Waals surface area contributed by atoms with Crippen molar-refractivity contribution in [3.8, 4) is 0 Å². The zero-order valence-electron chi connectivity index (χ0n) is 7.53. The molecule has 1 unspecified atom stereocenters. The summed E-state index contributed by atoms with van der Waals surface area (Å²) in [6.07, 6.45) is 5.94. The summed E-state index contributed by atoms with van der Waals surface area (Å²) in [6.45, 7) is 1.20. The Hall–Kier alpha value is -0.0600. The fourth-order valence-corrected chi connectivity index (χ4v) is 3.29. The molecule has 2 heterocycles. The molecule has 0 saturated carbocycles. The third kappa shape index (κ3) is 2.97. The fraction of sp³-hybridized carbons (Fsp3) is 0.667. The minimum Gasteiger partial charge on any atom is -0.313 e. The Morgan fingerprint density at radius 2 is 2.62 bits per heavy atom. The van der Waals surface area contributed by atoms with Crippen molar-refractivity contribution in [1.29, 1.82) is 0 Å². The van der Waals surface area contributed by atoms with Crippen LogP contribution in [0.5, 0.6) is 0 Å². The average molecular weight is 214 g/mol. The van der Waals surface area contributed by atoms with Gasteiger partial charge < -0.3 is 5.32 Å². The van der Waals surface area contributed by atoms with Crippen LogP contribution in [0.1, 0.15) is 19.3 Å². The van der Waals surface area contributed by atoms with Crippen LogP contribution in [-0.4, -0.2) is 23.3 Å². The van der Waals surface area contributed by atoms with Gasteiger partial charge in [0, 0.05) is 23.4 Å². The van der Waals surface area contributed by atoms with Crippen molar-refractivity contribution in [2.24, 2.45) is 0 Å². The highest BCUT2D eigenvalue weighted by molar-refractivity contribution is 8.01. The van der Waals surface area contributed by atoms with Crippen molar-refractivity contribution < 1.29 is 0 Å². The number of rotatable bonds is 3. The number of aromatic nitrogens is 1. The molecule has 1 atom stereocenters. The molecule has 0 radical (unpaired) electrons. The number of hydrogen-bond donors (Lipinski definition) is 1. The molecule has 0 bridgehead atoms. The molecule has 0 aromatic carbocycles. The Balaban J connectivity index is 1.72. The molecular formula is C9H14N2S2. The molecule has 2 rings (SSSR count). The minimum atomic E-state index is 0.711. The fourth-order valence-electron chi connectivity index (χ4n) is 1.52. The van der Waals surface area contributed by atoms with Crippen LogP contribution in [0.4, 0.5) is 0 Å². The van der Waals surface area contributed by atoms with Gasteiger partial charge >= 0.3 is 0 Å². The summed E-state index contributed by atoms with van der Waals surface area (Å²) in [6, 6.07) is 0.711. The van der Waals surface area contributed by atoms with E-state index in [0.717, 1.165) is 0 Å². The largest absolute Gasteiger partial charge is 0.313 e. The molecule has 0 aliphatic carbocycles. The van der Waals surface area contributed by atoms with E-state index in [4.69, 9.17) is 0 Å². The van der Waals surface area contributed by atoms with Crippen molar-refractivity contribution in [3.05, 3.63) is 11.6 Å². The molecule has 2 nitrogen and oxygen atoms in total. The number of thioether (sulfide) groups is 1. The maximum absolute atomic E-state index is 4.25. The second-order valence-corrected chi connectivity index (χ2v) is 5.42. The van der Waals surface area contributed by atoms with Gasteiger partial charge in [-0.3, -0.25) is 0 Å². The van der Waals surface area contributed by atoms with E-state index in [2.05, 4.69) is 10.3 Å². The molecule has 72 valence electrons. The predicted molar refractivity (Wildman–Crippen MR) is 58.5 cm³/mol. The molecule has 0 spiro atoms. The molecule has 1 aliphatic heterocycles. The number of thiazole rings is 1. The van der Waals surface area contributed by atoms with E-state index in [9.17, 15) is 0 Å². The van der Waals surface area contributed by atoms with E-state index in [1.165, 1.54) is 35.9 Å². The van der Waals surface area contributed by atoms with Crippen molar-refractivity contribution >= 4 is 23.1 Å². The lowest BCUT2D eigenvalue weighted by atomic mass is 10.1. The summed E-state index contributed by atoms with van der Waals surface area (Å²) in [5.41, 5.74) is 0. The third-order valence-corrected chi connectivity index (χ3v) is 4.36. The van der Waals surface area contributed by atoms with Gasteiger partial charge in [0.2, 0.25) is 0 Å². The number of nitrogens with one attached hydrogen (secondary N) is 1. The van der Waals surface area contributed by atoms with E-state index in [0.29, 0.717) is 6.04 Å². The van der Waals surface area contributed by atoms with Crippen LogP contribution < -0.4 is 5.32 Å². The van der Waals surface area contributed by atoms with Gasteiger partial charge in [-0.1, -0.05) is 18.2 Å². The van der Waals surface area contributed by atoms with Crippen LogP contribution in [0.3, 0.4) is 0 Å². The van der Waals surface area contributed by atoms with E-state index in [1.807, 2.05) is 23.3 Å². The predicted octanol–water partition coefficient (Wildman–Crippen LogP) is 2.38. The summed E-state index contributed by atoms with van der Waals surface area (Å²) in [5.74, 6) is 1.17. The summed E-state index contributed by atoms with van der Waals surface area (Å²) >= 11 is 3.61. The Morgan fingerprint density at radius 1 is 1.62 bits per heavy atom. The molecular weight excluding hydrogens is 200 g/mol. The van der Waals surface area contributed by atoms with Crippen LogP contribution >= 0.6 is 23.1 Å². The second-order valence-electron chi connectivity index (χ2n) is 3.26. The van der Waals surface area contributed by atoms with Gasteiger partial charge in [-0.05, 0) is 19.4 Å². The highest BCUT2D eigenvalue weighted by atomic mass is 32.2. The van der Waals surface area contributed by atoms with Gasteiger partial charge in [-0.25, -0.2) is 4.98 Å². The van der Waals surface area contributed by atoms with Gasteiger partial charge in [0.1, 0.15) is 4.34 Å². The smallest absolute Gasteiger partial charge is 0.149 e. The molecule has 1 N–H and O–H groups in total. The van der Waals surface area contributed by atoms with E-state index < -0.39 is 0 Å². The van der Waals surface area contributed by atoms with Gasteiger partial charge in [-0.15, -0.1) is 11.3 Å². The average Bonchev–Trinajstić information content (AvgIpc) is 2.69. The van der Waals surface area contributed by atoms with Crippen molar-refractivity contribution in [1.82, 2.24) is 10.3 Å². The lowest BCUT2D eigenvalue weighted by molar-refractivity contribution is 0.430. The lowest BCUT2D eigenvalue weighted by Gasteiger charge is -2.22. The molecule has 1 fully saturated rings. The lowest BCUT2D eigenvalue weighted by Crippen LogP contribution is -2.35. The Bertz CT molecular complexity index is 230. The molecule has 1 aromatic rings. The molecule has 1 saturated heterocycles. The Kier molecular flexibility index (Phi) is 3.64. The number of nitrogens with zero attached hydrogens (tertiary/aromatic N) is 1. The first kappa shape index (κ1) is 9.49. The normalized spacial score (nSPS) is 23.2. The van der Waals surface area contributed by atoms with Gasteiger partial charge in [0.25, 0.3) is 0 Å². The molecule has 1 aliphatic rings. The zero-order chi connectivity index (χ0) is 8.93. The van der Waals surface area contributed by atoms with Crippen LogP contribution in [0.2, 0.25) is 0 Å². The van der Waals surface area contributed by atoms with Crippen molar-refractivity contribution in [3.63, 3.8) is 0 Å². The highest BCUT2D eigenvalue weighted by Gasteiger charge is 2.12. The number of hydrogen-bond acceptors (Lipinski definition) is 4. The summed E-state index contributed by atoms with van der Waals surface area (Å²) in [7, 11) is 0. The van der Waals surface area contributed by atoms with Crippen LogP contribution in [0.25, 0.3) is 0 Å². The first-order chi connectivity index (χ1) is 6.45. The highest BCUT2D eigenvalue weighted by Crippen LogP contribution is 2.22. The van der Waals surface area contributed by atoms with Crippen molar-refractivity contribution in [2.45, 2.75) is 29.6 Å². The minimum absolute atomic E-state index is 0.711. The second kappa shape index (κ2) is 4.98. The van der Waals surface area contributed by atoms with E-state index >= 15 is 0 Å². The summed E-state index contributed by atoms with van der Waals surface area (Å²) < 4.78 is 1.20. The van der Waals surface area contributed by atoms with Crippen LogP contribution in [0, 0.1) is 0 Å². The first-order valence-electron chi connectivity index (χ1n) is 4.71. The third-order valence-electron chi connectivity index (χ3n) is 2.23. The molecule has 0 amide bonds. The molecule has 4 heteroatoms. The maximum Gasteiger partial charge on any atom is 0.149 e. The number of piperidine rings is 1. The monoisotopic (exact) mass is 214 g/mol. The molecule has 13 heavy (non-hydrogen) atoms. The van der Waals surface area contributed by atoms with Crippen LogP contribution in [0.15, 0.2) is 15.9 Å². The van der Waals surface area contributed by atoms with Gasteiger partial charge in [0.15, 0.2) is 0 Å². The topological polar surface area (TPSA) is 24.9 Å². The van der Waals surface area contributed by atoms with Gasteiger partial charge in [-0.2, -0.15) is 0 Å². The van der Waals surface area contributed by atoms with Crippen molar-refractivity contribution in [2.75, 3.05) is 12.3 Å². The standard InChI is InChI=1S/C9H14N2S2/c1-2-4-10-8(3-1)7-13-9-11-5-6-12-9/h5-6,8,10H,1-4,7H2. The first-order valence-corrected chi connectivity index (χ1v) is 6.57. The maximum atomic E-state index is 4.25. The van der Waals surface area contributed by atoms with E-state index in [1.54, 1.807) is 11.3 Å². The Morgan fingerprint density at radius 3 is 3.31 bits per heavy atom. The summed E-state index contributed by atoms with van der Waals surface area (Å²) in [5, 5.41) is 5.58. The quantitative estimate of drug-likeness (QED) is 0.782. The SMILES string of the molecule is c1csc(SCC2CCCCN2)n1. The molecule has 1 aromatic heterocycles. The van der Waals surface area contributed by atoms with Crippen LogP contribution in [-0.2, 0) is 0 Å². The zero-order valence-corrected chi connectivity index (χ0v) is 9.16. The Labute approximate surface area is 87.1 Å². The summed E-state index contributed by atoms with van der Waals surface area (Å²) in [4.78, 5) is 4.25. The van der Waals surface area contributed by atoms with Gasteiger partial charge in [0.05, 0.1) is 0 Å².